The number of rotatable bonds is 3. The second-order valence-electron chi connectivity index (χ2n) is 10.1. The van der Waals surface area contributed by atoms with Gasteiger partial charge in [-0.2, -0.15) is 0 Å². The van der Waals surface area contributed by atoms with E-state index in [4.69, 9.17) is 4.74 Å². The van der Waals surface area contributed by atoms with Crippen LogP contribution in [0.3, 0.4) is 0 Å². The van der Waals surface area contributed by atoms with E-state index in [-0.39, 0.29) is 17.9 Å². The molecule has 0 spiro atoms. The number of aromatic nitrogens is 3. The number of nitrogens with zero attached hydrogens (tertiary/aromatic N) is 4. The van der Waals surface area contributed by atoms with Gasteiger partial charge in [0.05, 0.1) is 36.4 Å². The summed E-state index contributed by atoms with van der Waals surface area (Å²) >= 11 is 0. The van der Waals surface area contributed by atoms with Gasteiger partial charge >= 0.3 is 0 Å². The summed E-state index contributed by atoms with van der Waals surface area (Å²) in [5.41, 5.74) is 5.71. The van der Waals surface area contributed by atoms with E-state index >= 15 is 4.39 Å². The van der Waals surface area contributed by atoms with Crippen molar-refractivity contribution in [2.45, 2.75) is 13.0 Å². The fourth-order valence-corrected chi connectivity index (χ4v) is 5.91. The molecule has 0 bridgehead atoms. The van der Waals surface area contributed by atoms with Crippen LogP contribution in [-0.4, -0.2) is 47.4 Å². The Balaban J connectivity index is 1.48. The molecule has 1 saturated heterocycles. The van der Waals surface area contributed by atoms with Crippen molar-refractivity contribution in [3.63, 3.8) is 0 Å². The summed E-state index contributed by atoms with van der Waals surface area (Å²) in [6.45, 7) is 4.37. The zero-order valence-electron chi connectivity index (χ0n) is 20.4. The molecule has 6 heterocycles. The van der Waals surface area contributed by atoms with Gasteiger partial charge in [-0.25, -0.2) is 13.8 Å². The first-order valence-corrected chi connectivity index (χ1v) is 12.5. The molecule has 7 rings (SSSR count). The first-order chi connectivity index (χ1) is 18.0. The van der Waals surface area contributed by atoms with Gasteiger partial charge in [-0.1, -0.05) is 0 Å². The Labute approximate surface area is 211 Å². The molecule has 1 atom stereocenters. The first kappa shape index (κ1) is 22.3. The molecule has 10 heteroatoms. The smallest absolute Gasteiger partial charge is 0.274 e. The van der Waals surface area contributed by atoms with Crippen LogP contribution in [0.2, 0.25) is 0 Å². The minimum Gasteiger partial charge on any atom is -0.382 e. The lowest BCUT2D eigenvalue weighted by atomic mass is 9.98. The SMILES string of the molecule is Cn1cc2c3c(c[nH]c3c1=O)CN(c1ncc(F)cc1F)c1cc3c(cc1-2)N(CC1CCOC1)CCN3. The third kappa shape index (κ3) is 3.50. The molecule has 0 amide bonds. The summed E-state index contributed by atoms with van der Waals surface area (Å²) in [7, 11) is 1.73. The molecule has 190 valence electrons. The molecule has 3 aromatic heterocycles. The molecule has 4 aromatic rings. The first-order valence-electron chi connectivity index (χ1n) is 12.5. The fourth-order valence-electron chi connectivity index (χ4n) is 5.91. The van der Waals surface area contributed by atoms with Crippen LogP contribution >= 0.6 is 0 Å². The molecule has 1 unspecified atom stereocenters. The van der Waals surface area contributed by atoms with Crippen LogP contribution < -0.4 is 20.7 Å². The van der Waals surface area contributed by atoms with Gasteiger partial charge in [0.2, 0.25) is 0 Å². The zero-order valence-corrected chi connectivity index (χ0v) is 20.4. The van der Waals surface area contributed by atoms with Crippen LogP contribution in [0.1, 0.15) is 12.0 Å². The van der Waals surface area contributed by atoms with E-state index in [1.807, 2.05) is 12.3 Å². The van der Waals surface area contributed by atoms with Crippen molar-refractivity contribution in [3.8, 4) is 11.1 Å². The maximum Gasteiger partial charge on any atom is 0.274 e. The van der Waals surface area contributed by atoms with Gasteiger partial charge in [0.15, 0.2) is 11.6 Å². The van der Waals surface area contributed by atoms with Crippen LogP contribution in [-0.2, 0) is 18.3 Å². The van der Waals surface area contributed by atoms with Crippen molar-refractivity contribution >= 4 is 33.8 Å². The Bertz CT molecular complexity index is 1610. The third-order valence-electron chi connectivity index (χ3n) is 7.70. The highest BCUT2D eigenvalue weighted by Crippen LogP contribution is 2.48. The highest BCUT2D eigenvalue weighted by molar-refractivity contribution is 6.04. The number of pyridine rings is 2. The standard InChI is InChI=1S/C27H26F2N6O2/c1-33-13-19-18-7-23-21(30-3-4-34(23)11-15-2-5-37-14-15)8-22(18)35(26-20(29)6-17(28)10-32-26)12-16-9-31-25(24(16)19)27(33)36/h6-10,13,15,30-31H,2-5,11-12,14H2,1H3. The van der Waals surface area contributed by atoms with Gasteiger partial charge in [0, 0.05) is 74.2 Å². The number of hydrogen-bond donors (Lipinski definition) is 2. The molecule has 3 aliphatic rings. The predicted molar refractivity (Wildman–Crippen MR) is 139 cm³/mol. The maximum atomic E-state index is 15.1. The number of nitrogens with one attached hydrogen (secondary N) is 2. The van der Waals surface area contributed by atoms with Crippen molar-refractivity contribution in [1.29, 1.82) is 0 Å². The zero-order chi connectivity index (χ0) is 25.3. The molecular weight excluding hydrogens is 478 g/mol. The van der Waals surface area contributed by atoms with Gasteiger partial charge in [-0.15, -0.1) is 0 Å². The van der Waals surface area contributed by atoms with Gasteiger partial charge in [-0.05, 0) is 24.1 Å². The lowest BCUT2D eigenvalue weighted by molar-refractivity contribution is 0.186. The highest BCUT2D eigenvalue weighted by Gasteiger charge is 2.31. The van der Waals surface area contributed by atoms with E-state index in [0.717, 1.165) is 90.7 Å². The Morgan fingerprint density at radius 1 is 1.19 bits per heavy atom. The summed E-state index contributed by atoms with van der Waals surface area (Å²) in [5, 5.41) is 4.32. The minimum atomic E-state index is -0.743. The third-order valence-corrected chi connectivity index (χ3v) is 7.70. The van der Waals surface area contributed by atoms with Crippen LogP contribution in [0.25, 0.3) is 22.0 Å². The molecule has 37 heavy (non-hydrogen) atoms. The molecule has 2 N–H and O–H groups in total. The van der Waals surface area contributed by atoms with Gasteiger partial charge < -0.3 is 29.4 Å². The van der Waals surface area contributed by atoms with Crippen LogP contribution in [0.5, 0.6) is 0 Å². The van der Waals surface area contributed by atoms with E-state index in [2.05, 4.69) is 26.3 Å². The van der Waals surface area contributed by atoms with Crippen molar-refractivity contribution in [2.24, 2.45) is 13.0 Å². The highest BCUT2D eigenvalue weighted by atomic mass is 19.1. The van der Waals surface area contributed by atoms with E-state index in [0.29, 0.717) is 11.4 Å². The molecule has 0 aliphatic carbocycles. The lowest BCUT2D eigenvalue weighted by Gasteiger charge is -2.35. The topological polar surface area (TPSA) is 78.4 Å². The number of halogens is 2. The molecule has 0 radical (unpaired) electrons. The number of aromatic amines is 1. The van der Waals surface area contributed by atoms with Gasteiger partial charge in [0.25, 0.3) is 5.56 Å². The average molecular weight is 505 g/mol. The normalized spacial score (nSPS) is 18.5. The summed E-state index contributed by atoms with van der Waals surface area (Å²) in [4.78, 5) is 24.4. The Hall–Kier alpha value is -3.92. The molecule has 1 fully saturated rings. The second-order valence-corrected chi connectivity index (χ2v) is 10.1. The quantitative estimate of drug-likeness (QED) is 0.437. The summed E-state index contributed by atoms with van der Waals surface area (Å²) in [5.74, 6) is -0.968. The Morgan fingerprint density at radius 3 is 2.89 bits per heavy atom. The van der Waals surface area contributed by atoms with Gasteiger partial charge in [0.1, 0.15) is 11.3 Å². The average Bonchev–Trinajstić information content (AvgIpc) is 3.53. The van der Waals surface area contributed by atoms with Crippen LogP contribution in [0, 0.1) is 17.6 Å². The minimum absolute atomic E-state index is 0.0345. The number of benzene rings is 1. The van der Waals surface area contributed by atoms with Gasteiger partial charge in [-0.3, -0.25) is 4.79 Å². The number of hydrogen-bond acceptors (Lipinski definition) is 6. The second kappa shape index (κ2) is 8.31. The largest absolute Gasteiger partial charge is 0.382 e. The maximum absolute atomic E-state index is 15.1. The van der Waals surface area contributed by atoms with E-state index in [1.54, 1.807) is 22.7 Å². The monoisotopic (exact) mass is 504 g/mol. The van der Waals surface area contributed by atoms with Crippen LogP contribution in [0.4, 0.5) is 31.7 Å². The van der Waals surface area contributed by atoms with E-state index in [9.17, 15) is 9.18 Å². The van der Waals surface area contributed by atoms with Crippen molar-refractivity contribution in [1.82, 2.24) is 14.5 Å². The number of ether oxygens (including phenoxy) is 1. The van der Waals surface area contributed by atoms with Crippen molar-refractivity contribution < 1.29 is 13.5 Å². The number of aryl methyl sites for hydroxylation is 1. The summed E-state index contributed by atoms with van der Waals surface area (Å²) in [6.07, 6.45) is 5.71. The summed E-state index contributed by atoms with van der Waals surface area (Å²) in [6, 6.07) is 5.01. The Morgan fingerprint density at radius 2 is 2.08 bits per heavy atom. The van der Waals surface area contributed by atoms with Crippen LogP contribution in [0.15, 0.2) is 41.6 Å². The molecule has 3 aliphatic heterocycles. The Kier molecular flexibility index (Phi) is 5.00. The number of H-pyrrole nitrogens is 1. The lowest BCUT2D eigenvalue weighted by Crippen LogP contribution is -2.37. The molecule has 1 aromatic carbocycles. The fraction of sp³-hybridized carbons (Fsp3) is 0.333. The molecular formula is C27H26F2N6O2. The molecule has 8 nitrogen and oxygen atoms in total. The van der Waals surface area contributed by atoms with E-state index in [1.165, 1.54) is 0 Å². The predicted octanol–water partition coefficient (Wildman–Crippen LogP) is 4.13. The van der Waals surface area contributed by atoms with E-state index < -0.39 is 11.6 Å². The summed E-state index contributed by atoms with van der Waals surface area (Å²) < 4.78 is 36.1. The molecule has 0 saturated carbocycles. The number of anilines is 4. The van der Waals surface area contributed by atoms with Crippen molar-refractivity contribution in [2.75, 3.05) is 48.0 Å². The number of fused-ring (bicyclic) bond motifs is 3. The van der Waals surface area contributed by atoms with Crippen molar-refractivity contribution in [3.05, 3.63) is 64.3 Å².